The number of ether oxygens (including phenoxy) is 1. The summed E-state index contributed by atoms with van der Waals surface area (Å²) in [4.78, 5) is 2.08. The number of benzene rings is 1. The summed E-state index contributed by atoms with van der Waals surface area (Å²) < 4.78 is 5.26. The molecule has 4 nitrogen and oxygen atoms in total. The van der Waals surface area contributed by atoms with Crippen molar-refractivity contribution in [1.29, 1.82) is 0 Å². The molecule has 0 atom stereocenters. The Morgan fingerprint density at radius 1 is 1.35 bits per heavy atom. The molecule has 0 radical (unpaired) electrons. The summed E-state index contributed by atoms with van der Waals surface area (Å²) in [6.45, 7) is 8.42. The molecule has 0 unspecified atom stereocenters. The van der Waals surface area contributed by atoms with Crippen LogP contribution in [0.15, 0.2) is 6.07 Å². The molecule has 1 aromatic rings. The second-order valence-corrected chi connectivity index (χ2v) is 4.22. The van der Waals surface area contributed by atoms with Gasteiger partial charge in [0.2, 0.25) is 0 Å². The average Bonchev–Trinajstić information content (AvgIpc) is 2.33. The van der Waals surface area contributed by atoms with Crippen LogP contribution in [0.3, 0.4) is 0 Å². The molecule has 1 aliphatic heterocycles. The monoisotopic (exact) mass is 235 g/mol. The largest absolute Gasteiger partial charge is 0.507 e. The molecule has 17 heavy (non-hydrogen) atoms. The SMILES string of the molecule is C=c1cc(O)c(=CN2CCOCC2)c(C)c1O. The molecule has 0 aliphatic carbocycles. The first kappa shape index (κ1) is 11.8. The lowest BCUT2D eigenvalue weighted by atomic mass is 10.1. The summed E-state index contributed by atoms with van der Waals surface area (Å²) in [5.74, 6) is 0.291. The van der Waals surface area contributed by atoms with Crippen molar-refractivity contribution in [3.63, 3.8) is 0 Å². The van der Waals surface area contributed by atoms with Crippen LogP contribution in [0.5, 0.6) is 11.5 Å². The Bertz CT molecular complexity index is 518. The number of rotatable bonds is 1. The lowest BCUT2D eigenvalue weighted by molar-refractivity contribution is 0.0662. The summed E-state index contributed by atoms with van der Waals surface area (Å²) in [5.41, 5.74) is 0.654. The van der Waals surface area contributed by atoms with E-state index in [0.29, 0.717) is 29.2 Å². The summed E-state index contributed by atoms with van der Waals surface area (Å²) in [6, 6.07) is 1.48. The van der Waals surface area contributed by atoms with E-state index in [2.05, 4.69) is 11.5 Å². The maximum atomic E-state index is 9.89. The molecule has 1 aromatic carbocycles. The molecule has 1 fully saturated rings. The number of phenolic OH excluding ortho intramolecular Hbond substituents is 2. The van der Waals surface area contributed by atoms with E-state index in [4.69, 9.17) is 4.74 Å². The van der Waals surface area contributed by atoms with Gasteiger partial charge in [-0.05, 0) is 13.0 Å². The second-order valence-electron chi connectivity index (χ2n) is 4.22. The van der Waals surface area contributed by atoms with Gasteiger partial charge in [0, 0.05) is 35.3 Å². The minimum atomic E-state index is 0.141. The molecule has 92 valence electrons. The highest BCUT2D eigenvalue weighted by molar-refractivity contribution is 5.46. The van der Waals surface area contributed by atoms with Gasteiger partial charge in [0.1, 0.15) is 11.5 Å². The molecule has 0 aromatic heterocycles. The molecule has 1 aliphatic rings. The first-order chi connectivity index (χ1) is 8.09. The topological polar surface area (TPSA) is 52.9 Å². The molecule has 2 N–H and O–H groups in total. The normalized spacial score (nSPS) is 17.5. The number of morpholine rings is 1. The van der Waals surface area contributed by atoms with Crippen LogP contribution in [0.2, 0.25) is 0 Å². The maximum absolute atomic E-state index is 9.89. The van der Waals surface area contributed by atoms with Gasteiger partial charge in [-0.3, -0.25) is 0 Å². The fraction of sp³-hybridized carbons (Fsp3) is 0.385. The van der Waals surface area contributed by atoms with Gasteiger partial charge in [-0.2, -0.15) is 0 Å². The molecule has 0 bridgehead atoms. The van der Waals surface area contributed by atoms with Crippen molar-refractivity contribution in [2.75, 3.05) is 26.3 Å². The predicted molar refractivity (Wildman–Crippen MR) is 66.1 cm³/mol. The van der Waals surface area contributed by atoms with Gasteiger partial charge in [-0.25, -0.2) is 0 Å². The van der Waals surface area contributed by atoms with E-state index in [1.165, 1.54) is 6.07 Å². The molecular formula is C13H17NO3. The lowest BCUT2D eigenvalue weighted by Crippen LogP contribution is -2.33. The van der Waals surface area contributed by atoms with Crippen LogP contribution < -0.4 is 10.4 Å². The number of hydrogen-bond donors (Lipinski definition) is 2. The number of hydrogen-bond acceptors (Lipinski definition) is 4. The number of phenols is 2. The molecular weight excluding hydrogens is 218 g/mol. The minimum Gasteiger partial charge on any atom is -0.507 e. The van der Waals surface area contributed by atoms with Crippen molar-refractivity contribution in [2.45, 2.75) is 6.92 Å². The third-order valence-corrected chi connectivity index (χ3v) is 3.01. The molecule has 2 rings (SSSR count). The molecule has 0 saturated carbocycles. The molecule has 1 heterocycles. The van der Waals surface area contributed by atoms with Crippen LogP contribution in [0.1, 0.15) is 5.56 Å². The maximum Gasteiger partial charge on any atom is 0.126 e. The zero-order chi connectivity index (χ0) is 12.4. The van der Waals surface area contributed by atoms with Crippen molar-refractivity contribution in [3.05, 3.63) is 22.1 Å². The Kier molecular flexibility index (Phi) is 3.24. The van der Waals surface area contributed by atoms with E-state index in [9.17, 15) is 10.2 Å². The van der Waals surface area contributed by atoms with Crippen molar-refractivity contribution in [2.24, 2.45) is 0 Å². The Hall–Kier alpha value is -1.68. The molecule has 1 saturated heterocycles. The fourth-order valence-electron chi connectivity index (χ4n) is 1.92. The van der Waals surface area contributed by atoms with Crippen molar-refractivity contribution < 1.29 is 14.9 Å². The van der Waals surface area contributed by atoms with Crippen LogP contribution in [-0.4, -0.2) is 41.4 Å². The minimum absolute atomic E-state index is 0.141. The van der Waals surface area contributed by atoms with E-state index in [1.54, 1.807) is 6.92 Å². The average molecular weight is 235 g/mol. The van der Waals surface area contributed by atoms with E-state index >= 15 is 0 Å². The first-order valence-electron chi connectivity index (χ1n) is 5.63. The van der Waals surface area contributed by atoms with Gasteiger partial charge in [-0.15, -0.1) is 0 Å². The summed E-state index contributed by atoms with van der Waals surface area (Å²) in [7, 11) is 0. The lowest BCUT2D eigenvalue weighted by Gasteiger charge is -2.25. The quantitative estimate of drug-likeness (QED) is 0.667. The first-order valence-corrected chi connectivity index (χ1v) is 5.63. The van der Waals surface area contributed by atoms with Gasteiger partial charge in [0.05, 0.1) is 13.2 Å². The highest BCUT2D eigenvalue weighted by atomic mass is 16.5. The summed E-state index contributed by atoms with van der Waals surface area (Å²) in [6.07, 6.45) is 1.87. The second kappa shape index (κ2) is 4.67. The fourth-order valence-corrected chi connectivity index (χ4v) is 1.92. The van der Waals surface area contributed by atoms with E-state index < -0.39 is 0 Å². The van der Waals surface area contributed by atoms with Crippen molar-refractivity contribution in [1.82, 2.24) is 4.90 Å². The zero-order valence-electron chi connectivity index (χ0n) is 9.94. The Labute approximate surface area is 100 Å². The number of aromatic hydroxyl groups is 2. The smallest absolute Gasteiger partial charge is 0.126 e. The van der Waals surface area contributed by atoms with E-state index in [0.717, 1.165) is 13.1 Å². The standard InChI is InChI=1S/C13H17NO3/c1-9-7-12(15)11(10(2)13(9)16)8-14-3-5-17-6-4-14/h7-8,15-16H,1,3-6H2,2H3. The third kappa shape index (κ3) is 2.36. The van der Waals surface area contributed by atoms with Crippen LogP contribution in [-0.2, 0) is 4.74 Å². The molecule has 4 heteroatoms. The molecule has 0 spiro atoms. The summed E-state index contributed by atoms with van der Waals surface area (Å²) in [5, 5.41) is 20.8. The van der Waals surface area contributed by atoms with Crippen LogP contribution in [0, 0.1) is 6.92 Å². The van der Waals surface area contributed by atoms with E-state index in [1.807, 2.05) is 6.20 Å². The third-order valence-electron chi connectivity index (χ3n) is 3.01. The zero-order valence-corrected chi connectivity index (χ0v) is 9.94. The molecule has 0 amide bonds. The van der Waals surface area contributed by atoms with Crippen LogP contribution in [0.4, 0.5) is 0 Å². The van der Waals surface area contributed by atoms with E-state index in [-0.39, 0.29) is 11.5 Å². The Morgan fingerprint density at radius 3 is 2.65 bits per heavy atom. The van der Waals surface area contributed by atoms with Gasteiger partial charge in [0.15, 0.2) is 0 Å². The summed E-state index contributed by atoms with van der Waals surface area (Å²) >= 11 is 0. The van der Waals surface area contributed by atoms with Crippen molar-refractivity contribution >= 4 is 12.8 Å². The van der Waals surface area contributed by atoms with Gasteiger partial charge in [0.25, 0.3) is 0 Å². The van der Waals surface area contributed by atoms with Crippen LogP contribution >= 0.6 is 0 Å². The Morgan fingerprint density at radius 2 is 2.00 bits per heavy atom. The van der Waals surface area contributed by atoms with Gasteiger partial charge < -0.3 is 19.8 Å². The van der Waals surface area contributed by atoms with Gasteiger partial charge in [-0.1, -0.05) is 6.58 Å². The van der Waals surface area contributed by atoms with Crippen LogP contribution in [0.25, 0.3) is 12.8 Å². The highest BCUT2D eigenvalue weighted by Crippen LogP contribution is 2.10. The number of nitrogens with zero attached hydrogens (tertiary/aromatic N) is 1. The highest BCUT2D eigenvalue weighted by Gasteiger charge is 2.09. The predicted octanol–water partition coefficient (Wildman–Crippen LogP) is -0.113. The Balaban J connectivity index is 2.47. The van der Waals surface area contributed by atoms with Crippen molar-refractivity contribution in [3.8, 4) is 11.5 Å². The van der Waals surface area contributed by atoms with Gasteiger partial charge >= 0.3 is 0 Å².